The van der Waals surface area contributed by atoms with E-state index < -0.39 is 0 Å². The van der Waals surface area contributed by atoms with Gasteiger partial charge in [0.2, 0.25) is 0 Å². The molecule has 0 aliphatic heterocycles. The minimum absolute atomic E-state index is 0.208. The fraction of sp³-hybridized carbons (Fsp3) is 0.222. The van der Waals surface area contributed by atoms with Crippen LogP contribution in [0.25, 0.3) is 11.5 Å². The van der Waals surface area contributed by atoms with E-state index in [-0.39, 0.29) is 11.6 Å². The standard InChI is InChI=1S/C18H16ClN7O3/c1-11-14(10-26-9-13(19)8-22-26)16(25-28-11)17(27)21-7-4-15-23-18(29-24-15)12-2-5-20-6-3-12/h2-3,5-6,8-9H,4,7,10H2,1H3,(H,21,27). The molecule has 10 nitrogen and oxygen atoms in total. The van der Waals surface area contributed by atoms with Gasteiger partial charge in [-0.05, 0) is 19.1 Å². The maximum Gasteiger partial charge on any atom is 0.273 e. The van der Waals surface area contributed by atoms with Gasteiger partial charge in [0.25, 0.3) is 11.8 Å². The fourth-order valence-electron chi connectivity index (χ4n) is 2.68. The summed E-state index contributed by atoms with van der Waals surface area (Å²) >= 11 is 5.89. The van der Waals surface area contributed by atoms with E-state index in [2.05, 4.69) is 30.7 Å². The summed E-state index contributed by atoms with van der Waals surface area (Å²) in [4.78, 5) is 20.8. The predicted molar refractivity (Wildman–Crippen MR) is 101 cm³/mol. The van der Waals surface area contributed by atoms with Crippen LogP contribution in [0.5, 0.6) is 0 Å². The van der Waals surface area contributed by atoms with E-state index in [4.69, 9.17) is 20.6 Å². The number of aryl methyl sites for hydroxylation is 1. The van der Waals surface area contributed by atoms with Gasteiger partial charge in [0.05, 0.1) is 17.8 Å². The Kier molecular flexibility index (Phi) is 5.34. The van der Waals surface area contributed by atoms with Gasteiger partial charge < -0.3 is 14.4 Å². The first kappa shape index (κ1) is 18.8. The molecule has 0 atom stereocenters. The monoisotopic (exact) mass is 413 g/mol. The Morgan fingerprint density at radius 2 is 2.07 bits per heavy atom. The third-order valence-electron chi connectivity index (χ3n) is 4.15. The number of nitrogens with one attached hydrogen (secondary N) is 1. The minimum atomic E-state index is -0.354. The van der Waals surface area contributed by atoms with Crippen molar-refractivity contribution in [3.05, 3.63) is 64.8 Å². The van der Waals surface area contributed by atoms with Crippen LogP contribution in [-0.4, -0.2) is 42.5 Å². The van der Waals surface area contributed by atoms with Crippen LogP contribution < -0.4 is 5.32 Å². The zero-order chi connectivity index (χ0) is 20.2. The molecule has 1 N–H and O–H groups in total. The van der Waals surface area contributed by atoms with E-state index in [0.29, 0.717) is 47.6 Å². The molecule has 0 bridgehead atoms. The third-order valence-corrected chi connectivity index (χ3v) is 4.35. The van der Waals surface area contributed by atoms with Gasteiger partial charge in [-0.25, -0.2) is 0 Å². The molecule has 0 aliphatic rings. The zero-order valence-electron chi connectivity index (χ0n) is 15.4. The Balaban J connectivity index is 1.36. The Labute approximate surface area is 169 Å². The molecule has 0 saturated carbocycles. The van der Waals surface area contributed by atoms with Gasteiger partial charge in [-0.15, -0.1) is 0 Å². The molecule has 0 fully saturated rings. The molecular formula is C18H16ClN7O3. The normalized spacial score (nSPS) is 11.0. The molecule has 4 rings (SSSR count). The van der Waals surface area contributed by atoms with Crippen molar-refractivity contribution in [3.8, 4) is 11.5 Å². The first-order valence-corrected chi connectivity index (χ1v) is 9.12. The highest BCUT2D eigenvalue weighted by atomic mass is 35.5. The van der Waals surface area contributed by atoms with Gasteiger partial charge in [0, 0.05) is 42.7 Å². The topological polar surface area (TPSA) is 125 Å². The summed E-state index contributed by atoms with van der Waals surface area (Å²) in [5.74, 6) is 1.08. The van der Waals surface area contributed by atoms with Crippen LogP contribution in [0.2, 0.25) is 5.02 Å². The number of rotatable bonds is 7. The molecule has 0 aliphatic carbocycles. The van der Waals surface area contributed by atoms with E-state index in [0.717, 1.165) is 5.56 Å². The molecule has 11 heteroatoms. The number of amides is 1. The Morgan fingerprint density at radius 1 is 1.24 bits per heavy atom. The molecule has 1 amide bonds. The van der Waals surface area contributed by atoms with Crippen LogP contribution >= 0.6 is 11.6 Å². The molecule has 4 aromatic heterocycles. The number of nitrogens with zero attached hydrogens (tertiary/aromatic N) is 6. The summed E-state index contributed by atoms with van der Waals surface area (Å²) in [7, 11) is 0. The summed E-state index contributed by atoms with van der Waals surface area (Å²) in [5.41, 5.74) is 1.63. The van der Waals surface area contributed by atoms with Crippen LogP contribution in [0, 0.1) is 6.92 Å². The van der Waals surface area contributed by atoms with Gasteiger partial charge in [0.1, 0.15) is 5.76 Å². The fourth-order valence-corrected chi connectivity index (χ4v) is 2.84. The zero-order valence-corrected chi connectivity index (χ0v) is 16.1. The lowest BCUT2D eigenvalue weighted by atomic mass is 10.2. The van der Waals surface area contributed by atoms with Gasteiger partial charge in [0.15, 0.2) is 11.5 Å². The average molecular weight is 414 g/mol. The molecule has 0 aromatic carbocycles. The quantitative estimate of drug-likeness (QED) is 0.489. The smallest absolute Gasteiger partial charge is 0.273 e. The predicted octanol–water partition coefficient (Wildman–Crippen LogP) is 2.30. The summed E-state index contributed by atoms with van der Waals surface area (Å²) in [6, 6.07) is 3.56. The second-order valence-corrected chi connectivity index (χ2v) is 6.62. The maximum absolute atomic E-state index is 12.5. The molecule has 0 radical (unpaired) electrons. The highest BCUT2D eigenvalue weighted by molar-refractivity contribution is 6.30. The van der Waals surface area contributed by atoms with Crippen molar-refractivity contribution in [3.63, 3.8) is 0 Å². The van der Waals surface area contributed by atoms with E-state index in [1.54, 1.807) is 42.3 Å². The van der Waals surface area contributed by atoms with Crippen LogP contribution in [0.1, 0.15) is 27.6 Å². The lowest BCUT2D eigenvalue weighted by Gasteiger charge is -2.04. The van der Waals surface area contributed by atoms with Crippen molar-refractivity contribution < 1.29 is 13.8 Å². The van der Waals surface area contributed by atoms with Gasteiger partial charge >= 0.3 is 0 Å². The molecule has 4 heterocycles. The number of pyridine rings is 1. The summed E-state index contributed by atoms with van der Waals surface area (Å²) in [6.07, 6.45) is 6.88. The Hall–Kier alpha value is -3.53. The highest BCUT2D eigenvalue weighted by Gasteiger charge is 2.20. The van der Waals surface area contributed by atoms with E-state index in [1.807, 2.05) is 0 Å². The van der Waals surface area contributed by atoms with Crippen LogP contribution in [0.3, 0.4) is 0 Å². The van der Waals surface area contributed by atoms with Gasteiger partial charge in [-0.2, -0.15) is 10.1 Å². The average Bonchev–Trinajstić information content (AvgIpc) is 3.44. The number of carbonyl (C=O) groups excluding carboxylic acids is 1. The number of halogens is 1. The summed E-state index contributed by atoms with van der Waals surface area (Å²) < 4.78 is 12.0. The van der Waals surface area contributed by atoms with Crippen LogP contribution in [0.4, 0.5) is 0 Å². The third kappa shape index (κ3) is 4.32. The molecule has 4 aromatic rings. The Bertz CT molecular complexity index is 1120. The molecule has 0 spiro atoms. The maximum atomic E-state index is 12.5. The summed E-state index contributed by atoms with van der Waals surface area (Å²) in [5, 5.41) is 15.2. The van der Waals surface area contributed by atoms with Crippen molar-refractivity contribution in [2.24, 2.45) is 0 Å². The van der Waals surface area contributed by atoms with Gasteiger partial charge in [-0.1, -0.05) is 21.9 Å². The second-order valence-electron chi connectivity index (χ2n) is 6.18. The molecule has 148 valence electrons. The van der Waals surface area contributed by atoms with Crippen molar-refractivity contribution in [1.29, 1.82) is 0 Å². The van der Waals surface area contributed by atoms with E-state index >= 15 is 0 Å². The lowest BCUT2D eigenvalue weighted by Crippen LogP contribution is -2.27. The van der Waals surface area contributed by atoms with Crippen molar-refractivity contribution in [2.75, 3.05) is 6.54 Å². The first-order chi connectivity index (χ1) is 14.1. The molecule has 0 saturated heterocycles. The van der Waals surface area contributed by atoms with Crippen molar-refractivity contribution >= 4 is 17.5 Å². The van der Waals surface area contributed by atoms with Crippen molar-refractivity contribution in [1.82, 2.24) is 35.4 Å². The lowest BCUT2D eigenvalue weighted by molar-refractivity contribution is 0.0944. The first-order valence-electron chi connectivity index (χ1n) is 8.74. The molecular weight excluding hydrogens is 398 g/mol. The Morgan fingerprint density at radius 3 is 2.83 bits per heavy atom. The second kappa shape index (κ2) is 8.23. The van der Waals surface area contributed by atoms with E-state index in [1.165, 1.54) is 6.20 Å². The molecule has 0 unspecified atom stereocenters. The van der Waals surface area contributed by atoms with Crippen LogP contribution in [0.15, 0.2) is 46.0 Å². The SMILES string of the molecule is Cc1onc(C(=O)NCCc2noc(-c3ccncc3)n2)c1Cn1cc(Cl)cn1. The van der Waals surface area contributed by atoms with E-state index in [9.17, 15) is 4.79 Å². The number of aromatic nitrogens is 6. The van der Waals surface area contributed by atoms with Gasteiger partial charge in [-0.3, -0.25) is 14.5 Å². The van der Waals surface area contributed by atoms with Crippen molar-refractivity contribution in [2.45, 2.75) is 19.9 Å². The number of carbonyl (C=O) groups is 1. The minimum Gasteiger partial charge on any atom is -0.361 e. The number of hydrogen-bond donors (Lipinski definition) is 1. The highest BCUT2D eigenvalue weighted by Crippen LogP contribution is 2.17. The number of hydrogen-bond acceptors (Lipinski definition) is 8. The van der Waals surface area contributed by atoms with Crippen LogP contribution in [-0.2, 0) is 13.0 Å². The molecule has 29 heavy (non-hydrogen) atoms. The summed E-state index contributed by atoms with van der Waals surface area (Å²) in [6.45, 7) is 2.38. The largest absolute Gasteiger partial charge is 0.361 e.